The number of hydrogen-bond acceptors (Lipinski definition) is 15. The Bertz CT molecular complexity index is 1590. The summed E-state index contributed by atoms with van der Waals surface area (Å²) in [7, 11) is 0. The number of amides is 2. The summed E-state index contributed by atoms with van der Waals surface area (Å²) in [6.45, 7) is 2.15. The molecular weight excluding hydrogens is 759 g/mol. The number of halogens is 2. The second-order valence-corrected chi connectivity index (χ2v) is 13.8. The summed E-state index contributed by atoms with van der Waals surface area (Å²) in [4.78, 5) is 40.1. The smallest absolute Gasteiger partial charge is 0.264 e. The number of nitrogens with two attached hydrogens (primary N) is 1. The van der Waals surface area contributed by atoms with Crippen molar-refractivity contribution >= 4 is 40.8 Å². The molecule has 19 heteroatoms. The number of aliphatic hydroxyl groups is 7. The first-order valence-corrected chi connectivity index (χ1v) is 17.5. The number of Topliss-reactive ketones (excluding diaryl/α,β-unsaturated/α-hetero) is 1. The largest absolute Gasteiger partial charge is 0.507 e. The maximum Gasteiger partial charge on any atom is 0.264 e. The molecule has 4 fully saturated rings. The molecule has 0 aromatic carbocycles. The van der Waals surface area contributed by atoms with Gasteiger partial charge in [0, 0.05) is 10.1 Å². The molecule has 0 radical (unpaired) electrons. The highest BCUT2D eigenvalue weighted by molar-refractivity contribution is 6.34. The zero-order valence-corrected chi connectivity index (χ0v) is 30.6. The fourth-order valence-electron chi connectivity index (χ4n) is 5.94. The molecule has 9 N–H and O–H groups in total. The summed E-state index contributed by atoms with van der Waals surface area (Å²) in [5.41, 5.74) is 4.67. The average molecular weight is 804 g/mol. The van der Waals surface area contributed by atoms with Gasteiger partial charge in [-0.05, 0) is 32.1 Å². The highest BCUT2D eigenvalue weighted by atomic mass is 35.5. The quantitative estimate of drug-likeness (QED) is 0.0497. The van der Waals surface area contributed by atoms with Gasteiger partial charge in [0.1, 0.15) is 66.2 Å². The van der Waals surface area contributed by atoms with E-state index < -0.39 is 128 Å². The number of aliphatic hydroxyl groups excluding tert-OH is 7. The predicted molar refractivity (Wildman–Crippen MR) is 189 cm³/mol. The average Bonchev–Trinajstić information content (AvgIpc) is 3.49. The van der Waals surface area contributed by atoms with Gasteiger partial charge in [-0.2, -0.15) is 0 Å². The molecule has 298 valence electrons. The minimum absolute atomic E-state index is 0.431. The van der Waals surface area contributed by atoms with Gasteiger partial charge in [-0.25, -0.2) is 0 Å². The molecule has 0 aromatic rings. The van der Waals surface area contributed by atoms with Crippen molar-refractivity contribution in [1.82, 2.24) is 4.90 Å². The molecule has 0 spiro atoms. The lowest BCUT2D eigenvalue weighted by Gasteiger charge is -2.46. The fourth-order valence-corrected chi connectivity index (χ4v) is 6.35. The second-order valence-electron chi connectivity index (χ2n) is 12.8. The van der Waals surface area contributed by atoms with Crippen LogP contribution in [0.1, 0.15) is 20.3 Å². The van der Waals surface area contributed by atoms with Crippen LogP contribution in [-0.4, -0.2) is 151 Å². The van der Waals surface area contributed by atoms with E-state index in [4.69, 9.17) is 52.6 Å². The van der Waals surface area contributed by atoms with Crippen LogP contribution in [0.5, 0.6) is 0 Å². The lowest BCUT2D eigenvalue weighted by molar-refractivity contribution is -0.338. The van der Waals surface area contributed by atoms with Crippen molar-refractivity contribution < 1.29 is 73.8 Å². The van der Waals surface area contributed by atoms with Gasteiger partial charge >= 0.3 is 0 Å². The summed E-state index contributed by atoms with van der Waals surface area (Å²) in [6.07, 6.45) is -3.79. The molecule has 0 saturated carbocycles. The summed E-state index contributed by atoms with van der Waals surface area (Å²) < 4.78 is 27.9. The standard InChI is InChI=1S/C35H44Cl2N2O15/c1-16(36)12-18(37)10-8-6-4-3-5-7-9-11-20(40)24-26(44)19(13-23(38)42)39(32(24)49)33-31(27(45)21(41)14-50-33)54-34-30(48)28(46)22(15-51-34)53-35-29(47)25(43)17(2)52-35/h3-12,17,19,21-22,25,27-31,33-35,40-41,43,45-48H,13-15H2,1-2H3,(H2,38,42)/b4-3+,7-5+,8-6+,11-9+,16-12+,18-10-,24-20-/t17-,19+,21-,22-,25-,27-,28+,29+,30+,31+,33?,34+,35+/m1/s1. The van der Waals surface area contributed by atoms with E-state index in [0.717, 1.165) is 11.0 Å². The molecule has 4 saturated heterocycles. The van der Waals surface area contributed by atoms with Crippen LogP contribution >= 0.6 is 23.2 Å². The van der Waals surface area contributed by atoms with Crippen LogP contribution in [0.25, 0.3) is 0 Å². The van der Waals surface area contributed by atoms with Crippen LogP contribution in [0.3, 0.4) is 0 Å². The highest BCUT2D eigenvalue weighted by Crippen LogP contribution is 2.35. The minimum Gasteiger partial charge on any atom is -0.507 e. The highest BCUT2D eigenvalue weighted by Gasteiger charge is 2.56. The van der Waals surface area contributed by atoms with Crippen molar-refractivity contribution in [2.75, 3.05) is 13.2 Å². The molecule has 17 nitrogen and oxygen atoms in total. The minimum atomic E-state index is -1.89. The number of nitrogens with zero attached hydrogens (tertiary/aromatic N) is 1. The number of likely N-dealkylation sites (tertiary alicyclic amines) is 1. The van der Waals surface area contributed by atoms with E-state index in [2.05, 4.69) is 0 Å². The van der Waals surface area contributed by atoms with Crippen molar-refractivity contribution in [1.29, 1.82) is 0 Å². The molecule has 4 aliphatic rings. The molecule has 0 bridgehead atoms. The Hall–Kier alpha value is -3.27. The maximum absolute atomic E-state index is 13.8. The van der Waals surface area contributed by atoms with E-state index in [-0.39, 0.29) is 0 Å². The fraction of sp³-hybridized carbons (Fsp3) is 0.514. The first kappa shape index (κ1) is 43.5. The Morgan fingerprint density at radius 3 is 2.11 bits per heavy atom. The van der Waals surface area contributed by atoms with E-state index in [1.807, 2.05) is 0 Å². The molecule has 4 rings (SSSR count). The molecule has 13 atom stereocenters. The third-order valence-corrected chi connectivity index (χ3v) is 9.06. The third kappa shape index (κ3) is 10.5. The number of hydrogen-bond donors (Lipinski definition) is 8. The molecule has 2 amide bonds. The molecule has 0 aromatic heterocycles. The molecule has 4 heterocycles. The number of ether oxygens (including phenoxy) is 5. The zero-order valence-electron chi connectivity index (χ0n) is 29.1. The summed E-state index contributed by atoms with van der Waals surface area (Å²) in [5.74, 6) is -3.88. The van der Waals surface area contributed by atoms with Crippen LogP contribution in [0.4, 0.5) is 0 Å². The monoisotopic (exact) mass is 802 g/mol. The van der Waals surface area contributed by atoms with Crippen molar-refractivity contribution in [3.8, 4) is 0 Å². The molecule has 1 unspecified atom stereocenters. The van der Waals surface area contributed by atoms with Gasteiger partial charge in [-0.15, -0.1) is 0 Å². The van der Waals surface area contributed by atoms with Gasteiger partial charge in [0.15, 0.2) is 24.6 Å². The van der Waals surface area contributed by atoms with Crippen LogP contribution < -0.4 is 5.73 Å². The van der Waals surface area contributed by atoms with Gasteiger partial charge in [0.2, 0.25) is 5.91 Å². The lowest BCUT2D eigenvalue weighted by Crippen LogP contribution is -2.65. The van der Waals surface area contributed by atoms with Gasteiger partial charge in [-0.3, -0.25) is 19.3 Å². The van der Waals surface area contributed by atoms with Crippen LogP contribution in [-0.2, 0) is 38.1 Å². The number of ketones is 1. The van der Waals surface area contributed by atoms with Crippen LogP contribution in [0, 0.1) is 0 Å². The Morgan fingerprint density at radius 2 is 1.50 bits per heavy atom. The number of carbonyl (C=O) groups is 3. The number of primary amides is 1. The Labute approximate surface area is 320 Å². The van der Waals surface area contributed by atoms with Gasteiger partial charge in [0.05, 0.1) is 25.7 Å². The number of carbonyl (C=O) groups excluding carboxylic acids is 3. The van der Waals surface area contributed by atoms with Crippen molar-refractivity contribution in [2.45, 2.75) is 100 Å². The maximum atomic E-state index is 13.8. The molecule has 54 heavy (non-hydrogen) atoms. The van der Waals surface area contributed by atoms with E-state index in [1.54, 1.807) is 49.5 Å². The van der Waals surface area contributed by atoms with E-state index >= 15 is 0 Å². The molecule has 0 aliphatic carbocycles. The van der Waals surface area contributed by atoms with Crippen molar-refractivity contribution in [2.24, 2.45) is 5.73 Å². The first-order chi connectivity index (χ1) is 25.5. The Morgan fingerprint density at radius 1 is 0.870 bits per heavy atom. The topological polar surface area (TPSA) is 268 Å². The van der Waals surface area contributed by atoms with Crippen LogP contribution in [0.2, 0.25) is 0 Å². The normalized spacial score (nSPS) is 38.3. The SMILES string of the molecule is C\C(Cl)=C/C(Cl)=C/C=C/C=C/C=C/C=C/C(O)=C1\C(=O)[C@H](CC(N)=O)N(C2OC[C@@H](O)[C@@H](O)[C@@H]2O[C@@H]2OC[C@@H](O[C@@H]3O[C@H](C)[C@@H](O)[C@@H]3O)[C@H](O)[C@@H]2O)C1=O. The first-order valence-electron chi connectivity index (χ1n) is 16.8. The summed E-state index contributed by atoms with van der Waals surface area (Å²) in [6, 6.07) is -1.63. The Kier molecular flexibility index (Phi) is 15.7. The Balaban J connectivity index is 1.50. The van der Waals surface area contributed by atoms with E-state index in [9.17, 15) is 50.1 Å². The summed E-state index contributed by atoms with van der Waals surface area (Å²) >= 11 is 11.7. The van der Waals surface area contributed by atoms with Gasteiger partial charge < -0.3 is 65.2 Å². The zero-order chi connectivity index (χ0) is 39.9. The summed E-state index contributed by atoms with van der Waals surface area (Å²) in [5, 5.41) is 75.0. The third-order valence-electron chi connectivity index (χ3n) is 8.71. The van der Waals surface area contributed by atoms with Gasteiger partial charge in [-0.1, -0.05) is 65.7 Å². The van der Waals surface area contributed by atoms with E-state index in [0.29, 0.717) is 10.1 Å². The van der Waals surface area contributed by atoms with E-state index in [1.165, 1.54) is 19.1 Å². The van der Waals surface area contributed by atoms with Crippen molar-refractivity contribution in [3.05, 3.63) is 82.2 Å². The predicted octanol–water partition coefficient (Wildman–Crippen LogP) is -0.663. The molecule has 4 aliphatic heterocycles. The second kappa shape index (κ2) is 19.5. The van der Waals surface area contributed by atoms with Crippen molar-refractivity contribution in [3.63, 3.8) is 0 Å². The lowest BCUT2D eigenvalue weighted by atomic mass is 10.0. The van der Waals surface area contributed by atoms with Gasteiger partial charge in [0.25, 0.3) is 5.91 Å². The molecular formula is C35H44Cl2N2O15. The van der Waals surface area contributed by atoms with Crippen LogP contribution in [0.15, 0.2) is 82.2 Å². The number of rotatable bonds is 13. The number of allylic oxidation sites excluding steroid dienone is 12.